The molecule has 4 nitrogen and oxygen atoms in total. The highest BCUT2D eigenvalue weighted by Gasteiger charge is 2.20. The van der Waals surface area contributed by atoms with E-state index in [-0.39, 0.29) is 17.9 Å². The Bertz CT molecular complexity index is 344. The summed E-state index contributed by atoms with van der Waals surface area (Å²) in [5.41, 5.74) is 5.30. The predicted octanol–water partition coefficient (Wildman–Crippen LogP) is 0.835. The van der Waals surface area contributed by atoms with E-state index in [0.717, 1.165) is 0 Å². The number of aliphatic hydroxyl groups is 1. The van der Waals surface area contributed by atoms with Gasteiger partial charge in [-0.1, -0.05) is 0 Å². The third kappa shape index (κ3) is 2.19. The van der Waals surface area contributed by atoms with Gasteiger partial charge in [0.2, 0.25) is 0 Å². The van der Waals surface area contributed by atoms with Crippen LogP contribution in [0.5, 0.6) is 11.5 Å². The van der Waals surface area contributed by atoms with Gasteiger partial charge >= 0.3 is 0 Å². The van der Waals surface area contributed by atoms with Crippen LogP contribution in [0.25, 0.3) is 0 Å². The molecule has 1 aromatic carbocycles. The smallest absolute Gasteiger partial charge is 0.169 e. The molecule has 5 heteroatoms. The minimum Gasteiger partial charge on any atom is -0.493 e. The largest absolute Gasteiger partial charge is 0.493 e. The molecule has 1 rings (SSSR count). The lowest BCUT2D eigenvalue weighted by Crippen LogP contribution is -2.14. The second-order valence-electron chi connectivity index (χ2n) is 2.95. The standard InChI is InChI=1S/C10H14FNO3/c1-14-8-4-3-6(11)9(7(13)5-12)10(8)15-2/h3-4,7,13H,5,12H2,1-2H3. The minimum absolute atomic E-state index is 0.0272. The average Bonchev–Trinajstić information content (AvgIpc) is 2.27. The summed E-state index contributed by atoms with van der Waals surface area (Å²) < 4.78 is 23.4. The van der Waals surface area contributed by atoms with E-state index in [4.69, 9.17) is 15.2 Å². The number of hydrogen-bond donors (Lipinski definition) is 2. The molecule has 1 atom stereocenters. The first-order chi connectivity index (χ1) is 7.15. The monoisotopic (exact) mass is 215 g/mol. The number of benzene rings is 1. The van der Waals surface area contributed by atoms with Gasteiger partial charge in [-0.25, -0.2) is 4.39 Å². The van der Waals surface area contributed by atoms with E-state index >= 15 is 0 Å². The summed E-state index contributed by atoms with van der Waals surface area (Å²) >= 11 is 0. The molecule has 0 amide bonds. The molecule has 0 fully saturated rings. The van der Waals surface area contributed by atoms with E-state index in [1.807, 2.05) is 0 Å². The zero-order valence-corrected chi connectivity index (χ0v) is 8.66. The van der Waals surface area contributed by atoms with Gasteiger partial charge < -0.3 is 20.3 Å². The van der Waals surface area contributed by atoms with Crippen LogP contribution >= 0.6 is 0 Å². The topological polar surface area (TPSA) is 64.7 Å². The molecule has 1 unspecified atom stereocenters. The third-order valence-corrected chi connectivity index (χ3v) is 2.09. The van der Waals surface area contributed by atoms with E-state index in [9.17, 15) is 9.50 Å². The molecule has 3 N–H and O–H groups in total. The Kier molecular flexibility index (Phi) is 3.88. The van der Waals surface area contributed by atoms with Crippen molar-refractivity contribution in [1.29, 1.82) is 0 Å². The van der Waals surface area contributed by atoms with E-state index in [2.05, 4.69) is 0 Å². The van der Waals surface area contributed by atoms with E-state index in [1.165, 1.54) is 26.4 Å². The Hall–Kier alpha value is -1.33. The second kappa shape index (κ2) is 4.95. The zero-order chi connectivity index (χ0) is 11.4. The second-order valence-corrected chi connectivity index (χ2v) is 2.95. The molecule has 1 aromatic rings. The number of nitrogens with two attached hydrogens (primary N) is 1. The molecule has 15 heavy (non-hydrogen) atoms. The fourth-order valence-electron chi connectivity index (χ4n) is 1.36. The summed E-state index contributed by atoms with van der Waals surface area (Å²) in [5.74, 6) is -0.0255. The fourth-order valence-corrected chi connectivity index (χ4v) is 1.36. The maximum atomic E-state index is 13.4. The summed E-state index contributed by atoms with van der Waals surface area (Å²) in [6.45, 7) is -0.0829. The van der Waals surface area contributed by atoms with Crippen LogP contribution in [-0.4, -0.2) is 25.9 Å². The van der Waals surface area contributed by atoms with Gasteiger partial charge in [-0.2, -0.15) is 0 Å². The number of halogens is 1. The summed E-state index contributed by atoms with van der Waals surface area (Å²) in [5, 5.41) is 9.54. The van der Waals surface area contributed by atoms with Crippen molar-refractivity contribution < 1.29 is 19.0 Å². The lowest BCUT2D eigenvalue weighted by Gasteiger charge is -2.16. The van der Waals surface area contributed by atoms with Crippen molar-refractivity contribution >= 4 is 0 Å². The van der Waals surface area contributed by atoms with Crippen molar-refractivity contribution in [2.24, 2.45) is 5.73 Å². The first kappa shape index (κ1) is 11.7. The lowest BCUT2D eigenvalue weighted by atomic mass is 10.1. The van der Waals surface area contributed by atoms with Crippen molar-refractivity contribution in [2.45, 2.75) is 6.10 Å². The van der Waals surface area contributed by atoms with Crippen LogP contribution in [0.15, 0.2) is 12.1 Å². The van der Waals surface area contributed by atoms with Crippen molar-refractivity contribution in [3.8, 4) is 11.5 Å². The van der Waals surface area contributed by atoms with Crippen molar-refractivity contribution in [3.05, 3.63) is 23.5 Å². The number of hydrogen-bond acceptors (Lipinski definition) is 4. The molecular formula is C10H14FNO3. The van der Waals surface area contributed by atoms with E-state index in [0.29, 0.717) is 5.75 Å². The van der Waals surface area contributed by atoms with Crippen molar-refractivity contribution in [2.75, 3.05) is 20.8 Å². The molecule has 0 aliphatic rings. The predicted molar refractivity (Wildman–Crippen MR) is 53.5 cm³/mol. The molecule has 0 aliphatic carbocycles. The summed E-state index contributed by atoms with van der Waals surface area (Å²) in [7, 11) is 2.82. The van der Waals surface area contributed by atoms with Crippen LogP contribution in [0.4, 0.5) is 4.39 Å². The normalized spacial score (nSPS) is 12.3. The Morgan fingerprint density at radius 3 is 2.53 bits per heavy atom. The SMILES string of the molecule is COc1ccc(F)c(C(O)CN)c1OC. The highest BCUT2D eigenvalue weighted by molar-refractivity contribution is 5.48. The average molecular weight is 215 g/mol. The molecule has 0 saturated heterocycles. The van der Waals surface area contributed by atoms with Gasteiger partial charge in [-0.05, 0) is 12.1 Å². The Morgan fingerprint density at radius 2 is 2.07 bits per heavy atom. The molecule has 0 aromatic heterocycles. The third-order valence-electron chi connectivity index (χ3n) is 2.09. The molecule has 0 radical (unpaired) electrons. The first-order valence-electron chi connectivity index (χ1n) is 4.44. The van der Waals surface area contributed by atoms with Gasteiger partial charge in [0.15, 0.2) is 11.5 Å². The molecule has 0 aliphatic heterocycles. The molecule has 0 saturated carbocycles. The van der Waals surface area contributed by atoms with Gasteiger partial charge in [0, 0.05) is 6.54 Å². The van der Waals surface area contributed by atoms with Gasteiger partial charge in [-0.3, -0.25) is 0 Å². The highest BCUT2D eigenvalue weighted by atomic mass is 19.1. The Morgan fingerprint density at radius 1 is 1.40 bits per heavy atom. The highest BCUT2D eigenvalue weighted by Crippen LogP contribution is 2.36. The molecule has 0 heterocycles. The first-order valence-corrected chi connectivity index (χ1v) is 4.44. The molecule has 0 spiro atoms. The molecular weight excluding hydrogens is 201 g/mol. The minimum atomic E-state index is -1.10. The van der Waals surface area contributed by atoms with E-state index in [1.54, 1.807) is 0 Å². The van der Waals surface area contributed by atoms with E-state index < -0.39 is 11.9 Å². The summed E-state index contributed by atoms with van der Waals surface area (Å²) in [6, 6.07) is 2.64. The van der Waals surface area contributed by atoms with Gasteiger partial charge in [-0.15, -0.1) is 0 Å². The molecule has 0 bridgehead atoms. The van der Waals surface area contributed by atoms with Crippen molar-refractivity contribution in [3.63, 3.8) is 0 Å². The Balaban J connectivity index is 3.31. The van der Waals surface area contributed by atoms with Gasteiger partial charge in [0.1, 0.15) is 5.82 Å². The quantitative estimate of drug-likeness (QED) is 0.781. The van der Waals surface area contributed by atoms with Crippen LogP contribution in [0.3, 0.4) is 0 Å². The Labute approximate surface area is 87.4 Å². The maximum Gasteiger partial charge on any atom is 0.169 e. The summed E-state index contributed by atoms with van der Waals surface area (Å²) in [4.78, 5) is 0. The number of aliphatic hydroxyl groups excluding tert-OH is 1. The van der Waals surface area contributed by atoms with Crippen molar-refractivity contribution in [1.82, 2.24) is 0 Å². The van der Waals surface area contributed by atoms with Crippen LogP contribution in [0.1, 0.15) is 11.7 Å². The van der Waals surface area contributed by atoms with Gasteiger partial charge in [0.05, 0.1) is 25.9 Å². The van der Waals surface area contributed by atoms with Crippen LogP contribution in [-0.2, 0) is 0 Å². The number of ether oxygens (including phenoxy) is 2. The van der Waals surface area contributed by atoms with Gasteiger partial charge in [0.25, 0.3) is 0 Å². The summed E-state index contributed by atoms with van der Waals surface area (Å²) in [6.07, 6.45) is -1.10. The number of rotatable bonds is 4. The molecule has 84 valence electrons. The maximum absolute atomic E-state index is 13.4. The van der Waals surface area contributed by atoms with Crippen LogP contribution < -0.4 is 15.2 Å². The fraction of sp³-hybridized carbons (Fsp3) is 0.400. The number of methoxy groups -OCH3 is 2. The lowest BCUT2D eigenvalue weighted by molar-refractivity contribution is 0.175. The van der Waals surface area contributed by atoms with Crippen LogP contribution in [0, 0.1) is 5.82 Å². The van der Waals surface area contributed by atoms with Crippen LogP contribution in [0.2, 0.25) is 0 Å². The zero-order valence-electron chi connectivity index (χ0n) is 8.66.